The van der Waals surface area contributed by atoms with Crippen LogP contribution in [0.15, 0.2) is 114 Å². The Balaban J connectivity index is 1.30. The first-order valence-electron chi connectivity index (χ1n) is 11.8. The number of nitrogens with one attached hydrogen (secondary N) is 3. The summed E-state index contributed by atoms with van der Waals surface area (Å²) in [6.45, 7) is 0. The number of carbonyl (C=O) groups excluding carboxylic acids is 2. The Bertz CT molecular complexity index is 1720. The zero-order valence-corrected chi connectivity index (χ0v) is 21.1. The molecule has 3 N–H and O–H groups in total. The number of para-hydroxylation sites is 2. The van der Waals surface area contributed by atoms with E-state index in [0.717, 1.165) is 4.68 Å². The van der Waals surface area contributed by atoms with Crippen LogP contribution < -0.4 is 26.4 Å². The van der Waals surface area contributed by atoms with Crippen molar-refractivity contribution in [3.63, 3.8) is 0 Å². The number of rotatable bonds is 5. The van der Waals surface area contributed by atoms with E-state index < -0.39 is 17.6 Å². The van der Waals surface area contributed by atoms with Crippen molar-refractivity contribution in [2.45, 2.75) is 0 Å². The van der Waals surface area contributed by atoms with Gasteiger partial charge in [0, 0.05) is 16.8 Å². The number of hydrogen-bond donors (Lipinski definition) is 3. The summed E-state index contributed by atoms with van der Waals surface area (Å²) in [4.78, 5) is 43.1. The standard InChI is InChI=1S/C29H21N5O4S/c35-26(20-15-17-21(18-16-20)30-28(39)32-29(37)38-22-11-5-2-6-12-22)33-34-25(19-9-3-1-4-10-19)31-24-14-8-7-13-23(24)27(34)36/h1-18H,(H,33,35)(H2,30,32,37,39). The average molecular weight is 536 g/mol. The Hall–Kier alpha value is -5.35. The van der Waals surface area contributed by atoms with E-state index >= 15 is 0 Å². The van der Waals surface area contributed by atoms with Crippen LogP contribution in [-0.4, -0.2) is 26.8 Å². The summed E-state index contributed by atoms with van der Waals surface area (Å²) in [6.07, 6.45) is -0.738. The lowest BCUT2D eigenvalue weighted by molar-refractivity contribution is 0.101. The van der Waals surface area contributed by atoms with Gasteiger partial charge in [-0.2, -0.15) is 4.68 Å². The van der Waals surface area contributed by atoms with Crippen molar-refractivity contribution >= 4 is 45.9 Å². The number of benzene rings is 4. The van der Waals surface area contributed by atoms with Crippen LogP contribution in [0.3, 0.4) is 0 Å². The molecule has 0 spiro atoms. The predicted molar refractivity (Wildman–Crippen MR) is 153 cm³/mol. The van der Waals surface area contributed by atoms with Crippen LogP contribution in [0.1, 0.15) is 10.4 Å². The minimum Gasteiger partial charge on any atom is -0.410 e. The molecule has 0 aliphatic carbocycles. The second-order valence-corrected chi connectivity index (χ2v) is 8.67. The third-order valence-corrected chi connectivity index (χ3v) is 5.80. The fraction of sp³-hybridized carbons (Fsp3) is 0. The van der Waals surface area contributed by atoms with E-state index in [4.69, 9.17) is 17.0 Å². The summed E-state index contributed by atoms with van der Waals surface area (Å²) < 4.78 is 6.30. The lowest BCUT2D eigenvalue weighted by atomic mass is 10.2. The summed E-state index contributed by atoms with van der Waals surface area (Å²) in [5, 5.41) is 5.68. The highest BCUT2D eigenvalue weighted by molar-refractivity contribution is 7.80. The number of ether oxygens (including phenoxy) is 1. The van der Waals surface area contributed by atoms with E-state index in [-0.39, 0.29) is 5.11 Å². The van der Waals surface area contributed by atoms with Gasteiger partial charge in [-0.1, -0.05) is 60.7 Å². The van der Waals surface area contributed by atoms with Gasteiger partial charge in [-0.05, 0) is 60.7 Å². The van der Waals surface area contributed by atoms with E-state index in [1.807, 2.05) is 30.3 Å². The van der Waals surface area contributed by atoms with E-state index in [1.54, 1.807) is 78.9 Å². The van der Waals surface area contributed by atoms with Crippen LogP contribution >= 0.6 is 12.2 Å². The van der Waals surface area contributed by atoms with Crippen LogP contribution in [0.2, 0.25) is 0 Å². The van der Waals surface area contributed by atoms with E-state index in [0.29, 0.717) is 39.3 Å². The normalized spacial score (nSPS) is 10.5. The first kappa shape index (κ1) is 25.3. The van der Waals surface area contributed by atoms with Gasteiger partial charge in [0.05, 0.1) is 10.9 Å². The van der Waals surface area contributed by atoms with Gasteiger partial charge in [-0.3, -0.25) is 20.3 Å². The molecule has 0 saturated heterocycles. The van der Waals surface area contributed by atoms with Gasteiger partial charge < -0.3 is 10.1 Å². The molecule has 192 valence electrons. The number of thiocarbonyl (C=S) groups is 1. The third kappa shape index (κ3) is 5.97. The number of nitrogens with zero attached hydrogens (tertiary/aromatic N) is 2. The van der Waals surface area contributed by atoms with E-state index in [2.05, 4.69) is 21.0 Å². The maximum atomic E-state index is 13.3. The Labute approximate surface area is 228 Å². The van der Waals surface area contributed by atoms with Crippen LogP contribution in [0, 0.1) is 0 Å². The van der Waals surface area contributed by atoms with E-state index in [1.165, 1.54) is 0 Å². The van der Waals surface area contributed by atoms with Crippen molar-refractivity contribution in [3.05, 3.63) is 125 Å². The summed E-state index contributed by atoms with van der Waals surface area (Å²) in [5.74, 6) is 0.180. The first-order valence-corrected chi connectivity index (χ1v) is 12.2. The molecule has 0 aliphatic heterocycles. The van der Waals surface area contributed by atoms with Crippen LogP contribution in [-0.2, 0) is 0 Å². The number of aromatic nitrogens is 2. The van der Waals surface area contributed by atoms with Crippen molar-refractivity contribution in [3.8, 4) is 17.1 Å². The number of amides is 2. The summed E-state index contributed by atoms with van der Waals surface area (Å²) in [6, 6.07) is 31.0. The zero-order chi connectivity index (χ0) is 27.2. The molecule has 0 saturated carbocycles. The largest absolute Gasteiger partial charge is 0.418 e. The van der Waals surface area contributed by atoms with Crippen LogP contribution in [0.5, 0.6) is 5.75 Å². The van der Waals surface area contributed by atoms with Crippen molar-refractivity contribution in [1.29, 1.82) is 0 Å². The van der Waals surface area contributed by atoms with Gasteiger partial charge in [-0.15, -0.1) is 0 Å². The molecule has 0 atom stereocenters. The molecule has 1 heterocycles. The molecule has 0 aliphatic rings. The molecule has 1 aromatic heterocycles. The van der Waals surface area contributed by atoms with Crippen molar-refractivity contribution in [2.24, 2.45) is 0 Å². The highest BCUT2D eigenvalue weighted by Gasteiger charge is 2.16. The molecule has 10 heteroatoms. The summed E-state index contributed by atoms with van der Waals surface area (Å²) in [5.41, 5.74) is 4.31. The molecule has 2 amide bonds. The Kier molecular flexibility index (Phi) is 7.37. The van der Waals surface area contributed by atoms with Gasteiger partial charge in [0.15, 0.2) is 10.9 Å². The van der Waals surface area contributed by atoms with Gasteiger partial charge in [0.25, 0.3) is 11.5 Å². The quantitative estimate of drug-likeness (QED) is 0.273. The third-order valence-electron chi connectivity index (χ3n) is 5.60. The van der Waals surface area contributed by atoms with Crippen LogP contribution in [0.25, 0.3) is 22.3 Å². The SMILES string of the molecule is O=C(NC(=S)Nc1ccc(C(=O)Nn2c(-c3ccccc3)nc3ccccc3c2=O)cc1)Oc1ccccc1. The molecule has 9 nitrogen and oxygen atoms in total. The molecule has 39 heavy (non-hydrogen) atoms. The number of hydrogen-bond acceptors (Lipinski definition) is 6. The second-order valence-electron chi connectivity index (χ2n) is 8.26. The molecule has 4 aromatic carbocycles. The predicted octanol–water partition coefficient (Wildman–Crippen LogP) is 4.93. The topological polar surface area (TPSA) is 114 Å². The fourth-order valence-corrected chi connectivity index (χ4v) is 3.97. The summed E-state index contributed by atoms with van der Waals surface area (Å²) >= 11 is 5.17. The molecule has 0 fully saturated rings. The zero-order valence-electron chi connectivity index (χ0n) is 20.3. The lowest BCUT2D eigenvalue weighted by Gasteiger charge is -2.15. The molecular weight excluding hydrogens is 514 g/mol. The molecular formula is C29H21N5O4S. The number of carbonyl (C=O) groups is 2. The Morgan fingerprint density at radius 2 is 1.44 bits per heavy atom. The fourth-order valence-electron chi connectivity index (χ4n) is 3.76. The minimum absolute atomic E-state index is 0.0226. The minimum atomic E-state index is -0.738. The maximum Gasteiger partial charge on any atom is 0.418 e. The van der Waals surface area contributed by atoms with E-state index in [9.17, 15) is 14.4 Å². The number of fused-ring (bicyclic) bond motifs is 1. The first-order chi connectivity index (χ1) is 19.0. The average Bonchev–Trinajstić information content (AvgIpc) is 2.95. The maximum absolute atomic E-state index is 13.3. The summed E-state index contributed by atoms with van der Waals surface area (Å²) in [7, 11) is 0. The Morgan fingerprint density at radius 3 is 2.15 bits per heavy atom. The second kappa shape index (κ2) is 11.4. The number of anilines is 1. The van der Waals surface area contributed by atoms with Gasteiger partial charge in [0.2, 0.25) is 0 Å². The monoisotopic (exact) mass is 535 g/mol. The molecule has 0 radical (unpaired) electrons. The van der Waals surface area contributed by atoms with Crippen molar-refractivity contribution in [2.75, 3.05) is 10.7 Å². The lowest BCUT2D eigenvalue weighted by Crippen LogP contribution is -2.36. The highest BCUT2D eigenvalue weighted by atomic mass is 32.1. The van der Waals surface area contributed by atoms with Crippen LogP contribution in [0.4, 0.5) is 10.5 Å². The van der Waals surface area contributed by atoms with Crippen molar-refractivity contribution < 1.29 is 14.3 Å². The molecule has 0 bridgehead atoms. The highest BCUT2D eigenvalue weighted by Crippen LogP contribution is 2.18. The molecule has 0 unspecified atom stereocenters. The molecule has 5 aromatic rings. The smallest absolute Gasteiger partial charge is 0.410 e. The van der Waals surface area contributed by atoms with Crippen molar-refractivity contribution in [1.82, 2.24) is 15.0 Å². The molecule has 5 rings (SSSR count). The van der Waals surface area contributed by atoms with Gasteiger partial charge >= 0.3 is 6.09 Å². The van der Waals surface area contributed by atoms with Gasteiger partial charge in [-0.25, -0.2) is 9.78 Å². The van der Waals surface area contributed by atoms with Gasteiger partial charge in [0.1, 0.15) is 5.75 Å². The Morgan fingerprint density at radius 1 is 0.795 bits per heavy atom.